The van der Waals surface area contributed by atoms with Crippen LogP contribution in [0.4, 0.5) is 5.95 Å². The number of rotatable bonds is 3. The quantitative estimate of drug-likeness (QED) is 0.818. The van der Waals surface area contributed by atoms with Gasteiger partial charge in [0.25, 0.3) is 0 Å². The molecule has 0 saturated heterocycles. The highest BCUT2D eigenvalue weighted by Crippen LogP contribution is 1.99. The van der Waals surface area contributed by atoms with Crippen molar-refractivity contribution < 1.29 is 0 Å². The number of hydrogen-bond donors (Lipinski definition) is 2. The van der Waals surface area contributed by atoms with Crippen LogP contribution in [0.25, 0.3) is 0 Å². The molecule has 0 aliphatic rings. The fourth-order valence-electron chi connectivity index (χ4n) is 1.34. The van der Waals surface area contributed by atoms with E-state index in [0.717, 1.165) is 11.3 Å². The van der Waals surface area contributed by atoms with Gasteiger partial charge in [0.15, 0.2) is 5.11 Å². The minimum absolute atomic E-state index is 0.498. The molecule has 2 rings (SSSR count). The highest BCUT2D eigenvalue weighted by Gasteiger charge is 2.00. The van der Waals surface area contributed by atoms with Crippen LogP contribution in [-0.4, -0.2) is 20.1 Å². The minimum atomic E-state index is 0.498. The first kappa shape index (κ1) is 12.4. The average molecular weight is 259 g/mol. The van der Waals surface area contributed by atoms with Crippen molar-refractivity contribution in [1.82, 2.24) is 20.3 Å². The van der Waals surface area contributed by atoms with Gasteiger partial charge < -0.3 is 10.6 Å². The van der Waals surface area contributed by atoms with E-state index in [1.807, 2.05) is 25.1 Å². The second-order valence-electron chi connectivity index (χ2n) is 3.68. The Balaban J connectivity index is 1.86. The maximum atomic E-state index is 5.16. The van der Waals surface area contributed by atoms with Crippen LogP contribution in [-0.2, 0) is 6.54 Å². The van der Waals surface area contributed by atoms with Gasteiger partial charge in [-0.15, -0.1) is 0 Å². The molecule has 0 spiro atoms. The fraction of sp³-hybridized carbons (Fsp3) is 0.167. The van der Waals surface area contributed by atoms with E-state index in [0.29, 0.717) is 17.6 Å². The van der Waals surface area contributed by atoms with Gasteiger partial charge in [-0.05, 0) is 42.9 Å². The molecule has 92 valence electrons. The van der Waals surface area contributed by atoms with Crippen LogP contribution in [0.3, 0.4) is 0 Å². The Labute approximate surface area is 111 Å². The number of hydrogen-bond acceptors (Lipinski definition) is 4. The molecular formula is C12H13N5S. The lowest BCUT2D eigenvalue weighted by Gasteiger charge is -2.09. The summed E-state index contributed by atoms with van der Waals surface area (Å²) in [6.07, 6.45) is 5.18. The molecule has 0 unspecified atom stereocenters. The normalized spacial score (nSPS) is 9.83. The van der Waals surface area contributed by atoms with E-state index in [4.69, 9.17) is 12.2 Å². The number of aryl methyl sites for hydroxylation is 1. The molecule has 0 aliphatic carbocycles. The number of anilines is 1. The highest BCUT2D eigenvalue weighted by atomic mass is 32.1. The molecule has 0 radical (unpaired) electrons. The van der Waals surface area contributed by atoms with Gasteiger partial charge in [-0.1, -0.05) is 0 Å². The zero-order chi connectivity index (χ0) is 12.8. The molecule has 0 aromatic carbocycles. The van der Waals surface area contributed by atoms with Crippen LogP contribution in [0.1, 0.15) is 11.3 Å². The summed E-state index contributed by atoms with van der Waals surface area (Å²) in [4.78, 5) is 12.2. The molecule has 2 aromatic rings. The number of nitrogens with one attached hydrogen (secondary N) is 2. The van der Waals surface area contributed by atoms with E-state index in [-0.39, 0.29) is 0 Å². The first-order valence-corrected chi connectivity index (χ1v) is 5.88. The molecule has 18 heavy (non-hydrogen) atoms. The molecule has 2 aromatic heterocycles. The molecule has 0 saturated carbocycles. The summed E-state index contributed by atoms with van der Waals surface area (Å²) >= 11 is 5.16. The molecule has 0 bridgehead atoms. The molecule has 0 fully saturated rings. The maximum absolute atomic E-state index is 5.16. The first-order valence-electron chi connectivity index (χ1n) is 5.47. The Bertz CT molecular complexity index is 529. The zero-order valence-corrected chi connectivity index (χ0v) is 10.7. The number of pyridine rings is 1. The van der Waals surface area contributed by atoms with E-state index < -0.39 is 0 Å². The van der Waals surface area contributed by atoms with Gasteiger partial charge >= 0.3 is 0 Å². The summed E-state index contributed by atoms with van der Waals surface area (Å²) in [5.41, 5.74) is 2.00. The van der Waals surface area contributed by atoms with Crippen molar-refractivity contribution in [3.8, 4) is 0 Å². The monoisotopic (exact) mass is 259 g/mol. The van der Waals surface area contributed by atoms with Crippen LogP contribution in [0.5, 0.6) is 0 Å². The minimum Gasteiger partial charge on any atom is -0.358 e. The zero-order valence-electron chi connectivity index (χ0n) is 9.92. The van der Waals surface area contributed by atoms with Crippen molar-refractivity contribution in [2.75, 3.05) is 5.32 Å². The number of thiocarbonyl (C=S) groups is 1. The van der Waals surface area contributed by atoms with Crippen molar-refractivity contribution in [2.45, 2.75) is 13.5 Å². The SMILES string of the molecule is Cc1ccnc(NC(=S)NCc2ccncc2)n1. The summed E-state index contributed by atoms with van der Waals surface area (Å²) in [5.74, 6) is 0.502. The van der Waals surface area contributed by atoms with Gasteiger partial charge in [-0.3, -0.25) is 4.98 Å². The Morgan fingerprint density at radius 1 is 1.22 bits per heavy atom. The van der Waals surface area contributed by atoms with Crippen LogP contribution < -0.4 is 10.6 Å². The number of aromatic nitrogens is 3. The third-order valence-electron chi connectivity index (χ3n) is 2.22. The van der Waals surface area contributed by atoms with Crippen LogP contribution in [0.15, 0.2) is 36.8 Å². The summed E-state index contributed by atoms with van der Waals surface area (Å²) in [6, 6.07) is 5.69. The van der Waals surface area contributed by atoms with Gasteiger partial charge in [0.1, 0.15) is 0 Å². The molecular weight excluding hydrogens is 246 g/mol. The van der Waals surface area contributed by atoms with Crippen LogP contribution in [0, 0.1) is 6.92 Å². The van der Waals surface area contributed by atoms with E-state index in [9.17, 15) is 0 Å². The van der Waals surface area contributed by atoms with E-state index in [1.165, 1.54) is 0 Å². The first-order chi connectivity index (χ1) is 8.74. The molecule has 0 aliphatic heterocycles. The molecule has 6 heteroatoms. The summed E-state index contributed by atoms with van der Waals surface area (Å²) in [6.45, 7) is 2.54. The van der Waals surface area contributed by atoms with E-state index in [2.05, 4.69) is 25.6 Å². The lowest BCUT2D eigenvalue weighted by molar-refractivity contribution is 0.918. The molecule has 5 nitrogen and oxygen atoms in total. The molecule has 0 atom stereocenters. The second kappa shape index (κ2) is 6.02. The maximum Gasteiger partial charge on any atom is 0.229 e. The summed E-state index contributed by atoms with van der Waals surface area (Å²) < 4.78 is 0. The van der Waals surface area contributed by atoms with Gasteiger partial charge in [0.2, 0.25) is 5.95 Å². The smallest absolute Gasteiger partial charge is 0.229 e. The van der Waals surface area contributed by atoms with Crippen molar-refractivity contribution in [2.24, 2.45) is 0 Å². The Hall–Kier alpha value is -2.08. The standard InChI is InChI=1S/C12H13N5S/c1-9-2-7-14-11(16-9)17-12(18)15-8-10-3-5-13-6-4-10/h2-7H,8H2,1H3,(H2,14,15,16,17,18). The van der Waals surface area contributed by atoms with E-state index >= 15 is 0 Å². The summed E-state index contributed by atoms with van der Waals surface area (Å²) in [5, 5.41) is 6.51. The molecule has 0 amide bonds. The topological polar surface area (TPSA) is 62.7 Å². The van der Waals surface area contributed by atoms with Gasteiger partial charge in [-0.2, -0.15) is 0 Å². The van der Waals surface area contributed by atoms with Gasteiger partial charge in [-0.25, -0.2) is 9.97 Å². The molecule has 2 heterocycles. The van der Waals surface area contributed by atoms with Gasteiger partial charge in [0, 0.05) is 30.8 Å². The Morgan fingerprint density at radius 2 is 2.00 bits per heavy atom. The second-order valence-corrected chi connectivity index (χ2v) is 4.09. The third kappa shape index (κ3) is 3.74. The lowest BCUT2D eigenvalue weighted by atomic mass is 10.3. The van der Waals surface area contributed by atoms with Crippen LogP contribution in [0.2, 0.25) is 0 Å². The van der Waals surface area contributed by atoms with Crippen molar-refractivity contribution in [3.63, 3.8) is 0 Å². The predicted molar refractivity (Wildman–Crippen MR) is 74.1 cm³/mol. The van der Waals surface area contributed by atoms with Gasteiger partial charge in [0.05, 0.1) is 0 Å². The largest absolute Gasteiger partial charge is 0.358 e. The predicted octanol–water partition coefficient (Wildman–Crippen LogP) is 1.67. The Kier molecular flexibility index (Phi) is 4.14. The third-order valence-corrected chi connectivity index (χ3v) is 2.47. The average Bonchev–Trinajstić information content (AvgIpc) is 2.38. The number of nitrogens with zero attached hydrogens (tertiary/aromatic N) is 3. The van der Waals surface area contributed by atoms with Crippen LogP contribution >= 0.6 is 12.2 Å². The lowest BCUT2D eigenvalue weighted by Crippen LogP contribution is -2.28. The summed E-state index contributed by atoms with van der Waals surface area (Å²) in [7, 11) is 0. The fourth-order valence-corrected chi connectivity index (χ4v) is 1.50. The van der Waals surface area contributed by atoms with E-state index in [1.54, 1.807) is 18.6 Å². The Morgan fingerprint density at radius 3 is 2.72 bits per heavy atom. The highest BCUT2D eigenvalue weighted by molar-refractivity contribution is 7.80. The van der Waals surface area contributed by atoms with Crippen molar-refractivity contribution in [3.05, 3.63) is 48.0 Å². The molecule has 2 N–H and O–H groups in total. The van der Waals surface area contributed by atoms with Crippen molar-refractivity contribution >= 4 is 23.3 Å². The van der Waals surface area contributed by atoms with Crippen molar-refractivity contribution in [1.29, 1.82) is 0 Å².